The maximum absolute atomic E-state index is 5.91. The van der Waals surface area contributed by atoms with Gasteiger partial charge in [0.25, 0.3) is 0 Å². The van der Waals surface area contributed by atoms with E-state index in [4.69, 9.17) is 9.47 Å². The molecule has 24 heavy (non-hydrogen) atoms. The number of aliphatic imine (C=N–C) groups is 1. The number of hydrogen-bond donors (Lipinski definition) is 2. The molecule has 1 aromatic rings. The molecule has 1 aliphatic rings. The summed E-state index contributed by atoms with van der Waals surface area (Å²) in [6, 6.07) is 8.09. The summed E-state index contributed by atoms with van der Waals surface area (Å²) in [6.45, 7) is 9.29. The molecule has 0 saturated carbocycles. The third-order valence-electron chi connectivity index (χ3n) is 3.70. The minimum absolute atomic E-state index is 0. The molecule has 5 nitrogen and oxygen atoms in total. The zero-order valence-corrected chi connectivity index (χ0v) is 17.2. The highest BCUT2D eigenvalue weighted by Gasteiger charge is 2.15. The molecule has 0 radical (unpaired) electrons. The molecule has 2 unspecified atom stereocenters. The molecule has 0 aliphatic carbocycles. The molecule has 0 amide bonds. The molecule has 2 N–H and O–H groups in total. The molecule has 1 saturated heterocycles. The minimum Gasteiger partial charge on any atom is -0.489 e. The van der Waals surface area contributed by atoms with Gasteiger partial charge in [-0.1, -0.05) is 12.1 Å². The summed E-state index contributed by atoms with van der Waals surface area (Å²) in [5, 5.41) is 6.61. The molecule has 0 bridgehead atoms. The summed E-state index contributed by atoms with van der Waals surface area (Å²) in [7, 11) is 0. The second-order valence-corrected chi connectivity index (χ2v) is 5.98. The smallest absolute Gasteiger partial charge is 0.191 e. The first kappa shape index (κ1) is 21.0. The predicted molar refractivity (Wildman–Crippen MR) is 110 cm³/mol. The maximum atomic E-state index is 5.91. The van der Waals surface area contributed by atoms with Gasteiger partial charge < -0.3 is 20.1 Å². The van der Waals surface area contributed by atoms with Crippen LogP contribution in [0.25, 0.3) is 0 Å². The fourth-order valence-electron chi connectivity index (χ4n) is 2.54. The number of nitrogens with one attached hydrogen (secondary N) is 2. The van der Waals surface area contributed by atoms with E-state index in [1.54, 1.807) is 0 Å². The van der Waals surface area contributed by atoms with E-state index in [1.165, 1.54) is 5.56 Å². The van der Waals surface area contributed by atoms with Gasteiger partial charge in [0, 0.05) is 19.7 Å². The third-order valence-corrected chi connectivity index (χ3v) is 3.70. The van der Waals surface area contributed by atoms with Crippen molar-refractivity contribution in [2.24, 2.45) is 4.99 Å². The van der Waals surface area contributed by atoms with E-state index in [2.05, 4.69) is 35.5 Å². The lowest BCUT2D eigenvalue weighted by Gasteiger charge is -2.17. The van der Waals surface area contributed by atoms with Crippen molar-refractivity contribution in [3.05, 3.63) is 29.8 Å². The Balaban J connectivity index is 0.00000288. The van der Waals surface area contributed by atoms with E-state index in [-0.39, 0.29) is 30.1 Å². The van der Waals surface area contributed by atoms with Gasteiger partial charge in [-0.3, -0.25) is 0 Å². The number of hydrogen-bond acceptors (Lipinski definition) is 3. The first-order valence-electron chi connectivity index (χ1n) is 8.54. The minimum atomic E-state index is 0. The van der Waals surface area contributed by atoms with Crippen molar-refractivity contribution in [2.75, 3.05) is 26.2 Å². The molecule has 0 aromatic heterocycles. The normalized spacial score (nSPS) is 18.6. The van der Waals surface area contributed by atoms with Gasteiger partial charge in [-0.2, -0.15) is 0 Å². The van der Waals surface area contributed by atoms with Crippen LogP contribution in [-0.4, -0.2) is 44.4 Å². The van der Waals surface area contributed by atoms with Gasteiger partial charge in [0.15, 0.2) is 5.96 Å². The molecule has 1 aromatic carbocycles. The SMILES string of the molecule is CCNC(=NCC(C)Oc1cccc(C)c1)NCC1CCCO1.I. The number of guanidine groups is 1. The Morgan fingerprint density at radius 2 is 2.25 bits per heavy atom. The van der Waals surface area contributed by atoms with Crippen molar-refractivity contribution in [3.8, 4) is 5.75 Å². The Bertz CT molecular complexity index is 505. The van der Waals surface area contributed by atoms with Gasteiger partial charge in [0.05, 0.1) is 12.6 Å². The van der Waals surface area contributed by atoms with Crippen LogP contribution in [0.5, 0.6) is 5.75 Å². The van der Waals surface area contributed by atoms with Gasteiger partial charge in [0.2, 0.25) is 0 Å². The van der Waals surface area contributed by atoms with Crippen molar-refractivity contribution in [1.82, 2.24) is 10.6 Å². The lowest BCUT2D eigenvalue weighted by molar-refractivity contribution is 0.113. The van der Waals surface area contributed by atoms with Crippen molar-refractivity contribution in [2.45, 2.75) is 45.8 Å². The number of benzene rings is 1. The van der Waals surface area contributed by atoms with E-state index in [1.807, 2.05) is 25.1 Å². The standard InChI is InChI=1S/C18H29N3O2.HI/c1-4-19-18(21-13-17-9-6-10-22-17)20-12-15(3)23-16-8-5-7-14(2)11-16;/h5,7-8,11,15,17H,4,6,9-10,12-13H2,1-3H3,(H2,19,20,21);1H. The van der Waals surface area contributed by atoms with Crippen molar-refractivity contribution in [3.63, 3.8) is 0 Å². The second-order valence-electron chi connectivity index (χ2n) is 5.98. The summed E-state index contributed by atoms with van der Waals surface area (Å²) >= 11 is 0. The maximum Gasteiger partial charge on any atom is 0.191 e. The number of aryl methyl sites for hydroxylation is 1. The van der Waals surface area contributed by atoms with Crippen molar-refractivity contribution in [1.29, 1.82) is 0 Å². The zero-order chi connectivity index (χ0) is 16.5. The first-order chi connectivity index (χ1) is 11.2. The van der Waals surface area contributed by atoms with Crippen LogP contribution in [0, 0.1) is 6.92 Å². The lowest BCUT2D eigenvalue weighted by Crippen LogP contribution is -2.41. The number of nitrogens with zero attached hydrogens (tertiary/aromatic N) is 1. The first-order valence-corrected chi connectivity index (χ1v) is 8.54. The predicted octanol–water partition coefficient (Wildman–Crippen LogP) is 3.11. The Hall–Kier alpha value is -1.02. The topological polar surface area (TPSA) is 54.9 Å². The van der Waals surface area contributed by atoms with Gasteiger partial charge in [-0.25, -0.2) is 4.99 Å². The number of rotatable bonds is 7. The fourth-order valence-corrected chi connectivity index (χ4v) is 2.54. The second kappa shape index (κ2) is 11.5. The van der Waals surface area contributed by atoms with E-state index in [9.17, 15) is 0 Å². The fraction of sp³-hybridized carbons (Fsp3) is 0.611. The molecule has 136 valence electrons. The van der Waals surface area contributed by atoms with Crippen LogP contribution in [-0.2, 0) is 4.74 Å². The molecule has 0 spiro atoms. The molecule has 2 atom stereocenters. The zero-order valence-electron chi connectivity index (χ0n) is 14.9. The van der Waals surface area contributed by atoms with Gasteiger partial charge in [-0.05, 0) is 51.3 Å². The highest BCUT2D eigenvalue weighted by Crippen LogP contribution is 2.14. The highest BCUT2D eigenvalue weighted by atomic mass is 127. The van der Waals surface area contributed by atoms with E-state index >= 15 is 0 Å². The summed E-state index contributed by atoms with van der Waals surface area (Å²) in [5.41, 5.74) is 1.20. The number of halogens is 1. The van der Waals surface area contributed by atoms with Crippen molar-refractivity contribution >= 4 is 29.9 Å². The highest BCUT2D eigenvalue weighted by molar-refractivity contribution is 14.0. The largest absolute Gasteiger partial charge is 0.489 e. The van der Waals surface area contributed by atoms with E-state index < -0.39 is 0 Å². The lowest BCUT2D eigenvalue weighted by atomic mass is 10.2. The molecule has 2 rings (SSSR count). The average molecular weight is 447 g/mol. The Labute approximate surface area is 162 Å². The quantitative estimate of drug-likeness (QED) is 0.383. The van der Waals surface area contributed by atoms with Crippen LogP contribution in [0.15, 0.2) is 29.3 Å². The monoisotopic (exact) mass is 447 g/mol. The molecular weight excluding hydrogens is 417 g/mol. The molecular formula is C18H30IN3O2. The molecule has 6 heteroatoms. The molecule has 1 fully saturated rings. The number of ether oxygens (including phenoxy) is 2. The summed E-state index contributed by atoms with van der Waals surface area (Å²) in [4.78, 5) is 4.61. The Kier molecular flexibility index (Phi) is 10.1. The van der Waals surface area contributed by atoms with E-state index in [0.717, 1.165) is 44.2 Å². The summed E-state index contributed by atoms with van der Waals surface area (Å²) in [5.74, 6) is 1.72. The Morgan fingerprint density at radius 3 is 2.92 bits per heavy atom. The third kappa shape index (κ3) is 7.70. The van der Waals surface area contributed by atoms with Gasteiger partial charge >= 0.3 is 0 Å². The van der Waals surface area contributed by atoms with Crippen LogP contribution < -0.4 is 15.4 Å². The van der Waals surface area contributed by atoms with Gasteiger partial charge in [0.1, 0.15) is 11.9 Å². The van der Waals surface area contributed by atoms with E-state index in [0.29, 0.717) is 12.6 Å². The average Bonchev–Trinajstić information content (AvgIpc) is 3.03. The van der Waals surface area contributed by atoms with Crippen molar-refractivity contribution < 1.29 is 9.47 Å². The Morgan fingerprint density at radius 1 is 1.42 bits per heavy atom. The van der Waals surface area contributed by atoms with Crippen LogP contribution in [0.2, 0.25) is 0 Å². The van der Waals surface area contributed by atoms with Crippen LogP contribution in [0.1, 0.15) is 32.3 Å². The summed E-state index contributed by atoms with van der Waals surface area (Å²) < 4.78 is 11.5. The molecule has 1 aliphatic heterocycles. The summed E-state index contributed by atoms with van der Waals surface area (Å²) in [6.07, 6.45) is 2.61. The van der Waals surface area contributed by atoms with Gasteiger partial charge in [-0.15, -0.1) is 24.0 Å². The molecule has 1 heterocycles. The van der Waals surface area contributed by atoms with Crippen LogP contribution in [0.3, 0.4) is 0 Å². The van der Waals surface area contributed by atoms with Crippen LogP contribution >= 0.6 is 24.0 Å². The van der Waals surface area contributed by atoms with Crippen LogP contribution in [0.4, 0.5) is 0 Å².